The molecule has 1 aromatic rings. The van der Waals surface area contributed by atoms with E-state index in [0.717, 1.165) is 19.3 Å². The van der Waals surface area contributed by atoms with Crippen LogP contribution in [-0.4, -0.2) is 40.1 Å². The Balaban J connectivity index is 2.15. The standard InChI is InChI=1S/C13H19N3O2/c14-9-11-8-10(4-5-15-11)13(18)16(6-7-17)12-2-1-3-12/h4-5,8,12,17H,1-3,6-7,9,14H2. The summed E-state index contributed by atoms with van der Waals surface area (Å²) in [5, 5.41) is 9.08. The lowest BCUT2D eigenvalue weighted by Gasteiger charge is -2.37. The SMILES string of the molecule is NCc1cc(C(=O)N(CCO)C2CCC2)ccn1. The van der Waals surface area contributed by atoms with Crippen molar-refractivity contribution in [2.75, 3.05) is 13.2 Å². The zero-order chi connectivity index (χ0) is 13.0. The number of hydrogen-bond donors (Lipinski definition) is 2. The maximum Gasteiger partial charge on any atom is 0.254 e. The molecule has 0 bridgehead atoms. The molecule has 18 heavy (non-hydrogen) atoms. The number of aromatic nitrogens is 1. The average Bonchev–Trinajstić information content (AvgIpc) is 2.35. The van der Waals surface area contributed by atoms with Gasteiger partial charge in [-0.1, -0.05) is 0 Å². The number of aliphatic hydroxyl groups is 1. The molecule has 0 aromatic carbocycles. The fourth-order valence-corrected chi connectivity index (χ4v) is 2.14. The Labute approximate surface area is 107 Å². The minimum atomic E-state index is -0.0362. The van der Waals surface area contributed by atoms with E-state index in [-0.39, 0.29) is 18.6 Å². The van der Waals surface area contributed by atoms with Crippen molar-refractivity contribution < 1.29 is 9.90 Å². The lowest BCUT2D eigenvalue weighted by Crippen LogP contribution is -2.45. The van der Waals surface area contributed by atoms with Crippen LogP contribution >= 0.6 is 0 Å². The fourth-order valence-electron chi connectivity index (χ4n) is 2.14. The third-order valence-corrected chi connectivity index (χ3v) is 3.39. The number of carbonyl (C=O) groups excluding carboxylic acids is 1. The van der Waals surface area contributed by atoms with Crippen LogP contribution in [-0.2, 0) is 6.54 Å². The number of rotatable bonds is 5. The van der Waals surface area contributed by atoms with Gasteiger partial charge in [0, 0.05) is 30.9 Å². The molecule has 5 heteroatoms. The molecule has 2 rings (SSSR count). The predicted molar refractivity (Wildman–Crippen MR) is 67.9 cm³/mol. The minimum Gasteiger partial charge on any atom is -0.395 e. The number of amides is 1. The van der Waals surface area contributed by atoms with Crippen LogP contribution < -0.4 is 5.73 Å². The molecule has 0 spiro atoms. The summed E-state index contributed by atoms with van der Waals surface area (Å²) in [6.07, 6.45) is 4.82. The summed E-state index contributed by atoms with van der Waals surface area (Å²) in [7, 11) is 0. The predicted octanol–water partition coefficient (Wildman–Crippen LogP) is 0.527. The number of nitrogens with two attached hydrogens (primary N) is 1. The van der Waals surface area contributed by atoms with Crippen LogP contribution in [0.25, 0.3) is 0 Å². The van der Waals surface area contributed by atoms with Crippen molar-refractivity contribution >= 4 is 5.91 Å². The third kappa shape index (κ3) is 2.68. The van der Waals surface area contributed by atoms with Crippen molar-refractivity contribution in [1.82, 2.24) is 9.88 Å². The van der Waals surface area contributed by atoms with Crippen molar-refractivity contribution in [2.45, 2.75) is 31.8 Å². The molecule has 1 fully saturated rings. The molecule has 1 amide bonds. The molecule has 3 N–H and O–H groups in total. The quantitative estimate of drug-likeness (QED) is 0.797. The Hall–Kier alpha value is -1.46. The molecule has 98 valence electrons. The van der Waals surface area contributed by atoms with Gasteiger partial charge in [0.05, 0.1) is 12.3 Å². The van der Waals surface area contributed by atoms with Gasteiger partial charge in [-0.25, -0.2) is 0 Å². The van der Waals surface area contributed by atoms with Crippen molar-refractivity contribution in [3.63, 3.8) is 0 Å². The van der Waals surface area contributed by atoms with Gasteiger partial charge in [0.15, 0.2) is 0 Å². The molecule has 0 unspecified atom stereocenters. The molecule has 1 aromatic heterocycles. The zero-order valence-corrected chi connectivity index (χ0v) is 10.4. The highest BCUT2D eigenvalue weighted by Crippen LogP contribution is 2.26. The number of hydrogen-bond acceptors (Lipinski definition) is 4. The molecule has 0 aliphatic heterocycles. The third-order valence-electron chi connectivity index (χ3n) is 3.39. The molecule has 1 aliphatic rings. The summed E-state index contributed by atoms with van der Waals surface area (Å²) in [5.74, 6) is -0.0362. The normalized spacial score (nSPS) is 15.2. The number of carbonyl (C=O) groups is 1. The molecule has 0 saturated heterocycles. The Morgan fingerprint density at radius 2 is 2.33 bits per heavy atom. The van der Waals surface area contributed by atoms with Gasteiger partial charge >= 0.3 is 0 Å². The average molecular weight is 249 g/mol. The Morgan fingerprint density at radius 3 is 2.89 bits per heavy atom. The van der Waals surface area contributed by atoms with Gasteiger partial charge in [-0.05, 0) is 31.4 Å². The summed E-state index contributed by atoms with van der Waals surface area (Å²) in [6, 6.07) is 3.70. The summed E-state index contributed by atoms with van der Waals surface area (Å²) in [6.45, 7) is 0.714. The van der Waals surface area contributed by atoms with Gasteiger partial charge in [0.2, 0.25) is 0 Å². The highest BCUT2D eigenvalue weighted by molar-refractivity contribution is 5.94. The lowest BCUT2D eigenvalue weighted by atomic mass is 9.91. The molecule has 0 atom stereocenters. The van der Waals surface area contributed by atoms with Crippen molar-refractivity contribution in [3.8, 4) is 0 Å². The summed E-state index contributed by atoms with van der Waals surface area (Å²) < 4.78 is 0. The van der Waals surface area contributed by atoms with Crippen molar-refractivity contribution in [2.24, 2.45) is 5.73 Å². The van der Waals surface area contributed by atoms with E-state index in [1.54, 1.807) is 23.2 Å². The minimum absolute atomic E-state index is 0.00291. The molecule has 1 saturated carbocycles. The maximum atomic E-state index is 12.4. The molecule has 1 aliphatic carbocycles. The monoisotopic (exact) mass is 249 g/mol. The lowest BCUT2D eigenvalue weighted by molar-refractivity contribution is 0.0525. The van der Waals surface area contributed by atoms with E-state index in [4.69, 9.17) is 10.8 Å². The van der Waals surface area contributed by atoms with Crippen molar-refractivity contribution in [1.29, 1.82) is 0 Å². The number of nitrogens with zero attached hydrogens (tertiary/aromatic N) is 2. The van der Waals surface area contributed by atoms with Crippen LogP contribution in [0.5, 0.6) is 0 Å². The van der Waals surface area contributed by atoms with E-state index in [1.807, 2.05) is 0 Å². The van der Waals surface area contributed by atoms with E-state index in [1.165, 1.54) is 0 Å². The van der Waals surface area contributed by atoms with Gasteiger partial charge in [-0.15, -0.1) is 0 Å². The molecular formula is C13H19N3O2. The van der Waals surface area contributed by atoms with Crippen LogP contribution in [0.15, 0.2) is 18.3 Å². The van der Waals surface area contributed by atoms with Gasteiger partial charge < -0.3 is 15.7 Å². The summed E-state index contributed by atoms with van der Waals surface area (Å²) in [5.41, 5.74) is 6.83. The van der Waals surface area contributed by atoms with Crippen LogP contribution in [0.3, 0.4) is 0 Å². The van der Waals surface area contributed by atoms with E-state index in [2.05, 4.69) is 4.98 Å². The van der Waals surface area contributed by atoms with Gasteiger partial charge in [0.25, 0.3) is 5.91 Å². The highest BCUT2D eigenvalue weighted by Gasteiger charge is 2.28. The zero-order valence-electron chi connectivity index (χ0n) is 10.4. The Kier molecular flexibility index (Phi) is 4.28. The van der Waals surface area contributed by atoms with Crippen LogP contribution in [0.1, 0.15) is 35.3 Å². The van der Waals surface area contributed by atoms with E-state index in [9.17, 15) is 4.79 Å². The Bertz CT molecular complexity index is 418. The van der Waals surface area contributed by atoms with Gasteiger partial charge in [0.1, 0.15) is 0 Å². The molecule has 5 nitrogen and oxygen atoms in total. The molecular weight excluding hydrogens is 230 g/mol. The number of aliphatic hydroxyl groups excluding tert-OH is 1. The van der Waals surface area contributed by atoms with Crippen LogP contribution in [0, 0.1) is 0 Å². The number of pyridine rings is 1. The van der Waals surface area contributed by atoms with Gasteiger partial charge in [-0.3, -0.25) is 9.78 Å². The van der Waals surface area contributed by atoms with E-state index < -0.39 is 0 Å². The highest BCUT2D eigenvalue weighted by atomic mass is 16.3. The summed E-state index contributed by atoms with van der Waals surface area (Å²) in [4.78, 5) is 18.2. The first-order chi connectivity index (χ1) is 8.76. The molecule has 0 radical (unpaired) electrons. The first-order valence-corrected chi connectivity index (χ1v) is 6.33. The second-order valence-electron chi connectivity index (χ2n) is 4.55. The second-order valence-corrected chi connectivity index (χ2v) is 4.55. The first-order valence-electron chi connectivity index (χ1n) is 6.33. The van der Waals surface area contributed by atoms with Crippen LogP contribution in [0.4, 0.5) is 0 Å². The first kappa shape index (κ1) is 13.0. The largest absolute Gasteiger partial charge is 0.395 e. The topological polar surface area (TPSA) is 79.5 Å². The Morgan fingerprint density at radius 1 is 1.56 bits per heavy atom. The fraction of sp³-hybridized carbons (Fsp3) is 0.538. The van der Waals surface area contributed by atoms with Gasteiger partial charge in [-0.2, -0.15) is 0 Å². The smallest absolute Gasteiger partial charge is 0.254 e. The second kappa shape index (κ2) is 5.93. The maximum absolute atomic E-state index is 12.4. The summed E-state index contributed by atoms with van der Waals surface area (Å²) >= 11 is 0. The van der Waals surface area contributed by atoms with Crippen LogP contribution in [0.2, 0.25) is 0 Å². The van der Waals surface area contributed by atoms with E-state index >= 15 is 0 Å². The van der Waals surface area contributed by atoms with Crippen molar-refractivity contribution in [3.05, 3.63) is 29.6 Å². The van der Waals surface area contributed by atoms with E-state index in [0.29, 0.717) is 24.3 Å². The molecule has 1 heterocycles.